The maximum Gasteiger partial charge on any atom is 0.0630 e. The lowest BCUT2D eigenvalue weighted by molar-refractivity contribution is 0.390. The van der Waals surface area contributed by atoms with E-state index in [0.717, 1.165) is 12.6 Å². The molecule has 0 radical (unpaired) electrons. The predicted molar refractivity (Wildman–Crippen MR) is 25.0 cm³/mol. The van der Waals surface area contributed by atoms with Gasteiger partial charge in [-0.2, -0.15) is 0 Å². The Labute approximate surface area is 41.9 Å². The lowest BCUT2D eigenvalue weighted by atomic mass is 10.2. The van der Waals surface area contributed by atoms with E-state index in [9.17, 15) is 0 Å². The summed E-state index contributed by atoms with van der Waals surface area (Å²) in [6.45, 7) is 2.42. The van der Waals surface area contributed by atoms with Crippen molar-refractivity contribution in [2.75, 3.05) is 13.1 Å². The lowest BCUT2D eigenvalue weighted by Gasteiger charge is -2.18. The molecule has 2 heterocycles. The molecule has 0 bridgehead atoms. The Balaban J connectivity index is 2.08. The van der Waals surface area contributed by atoms with Crippen LogP contribution in [0.1, 0.15) is 0 Å². The molecule has 0 aromatic heterocycles. The van der Waals surface area contributed by atoms with Gasteiger partial charge in [0, 0.05) is 19.1 Å². The molecule has 2 fully saturated rings. The average Bonchev–Trinajstić information content (AvgIpc) is 2.12. The molecule has 34 valence electrons. The number of nitrogens with zero attached hydrogens (tertiary/aromatic N) is 1. The van der Waals surface area contributed by atoms with E-state index in [4.69, 9.17) is 11.6 Å². The maximum absolute atomic E-state index is 5.70. The molecule has 2 saturated heterocycles. The summed E-state index contributed by atoms with van der Waals surface area (Å²) in [6, 6.07) is 0.798. The number of hydrogen-bond acceptors (Lipinski definition) is 1. The fourth-order valence-corrected chi connectivity index (χ4v) is 1.37. The second-order valence-electron chi connectivity index (χ2n) is 2.04. The van der Waals surface area contributed by atoms with Crippen molar-refractivity contribution in [2.24, 2.45) is 0 Å². The van der Waals surface area contributed by atoms with Crippen molar-refractivity contribution in [3.63, 3.8) is 0 Å². The number of rotatable bonds is 0. The zero-order valence-electron chi connectivity index (χ0n) is 3.39. The second kappa shape index (κ2) is 0.749. The molecule has 0 aromatic carbocycles. The first kappa shape index (κ1) is 3.28. The summed E-state index contributed by atoms with van der Waals surface area (Å²) in [4.78, 5) is 2.36. The van der Waals surface area contributed by atoms with E-state index >= 15 is 0 Å². The number of hydrogen-bond donors (Lipinski definition) is 0. The zero-order chi connectivity index (χ0) is 4.15. The lowest BCUT2D eigenvalue weighted by Crippen LogP contribution is -2.32. The Kier molecular flexibility index (Phi) is 0.409. The third kappa shape index (κ3) is 0.221. The zero-order valence-corrected chi connectivity index (χ0v) is 4.15. The SMILES string of the molecule is ClC1CN2CC12. The highest BCUT2D eigenvalue weighted by molar-refractivity contribution is 6.22. The van der Waals surface area contributed by atoms with Gasteiger partial charge >= 0.3 is 0 Å². The molecule has 0 aliphatic carbocycles. The van der Waals surface area contributed by atoms with Gasteiger partial charge in [-0.3, -0.25) is 4.90 Å². The van der Waals surface area contributed by atoms with Crippen LogP contribution in [0.25, 0.3) is 0 Å². The topological polar surface area (TPSA) is 3.01 Å². The maximum atomic E-state index is 5.70. The summed E-state index contributed by atoms with van der Waals surface area (Å²) in [7, 11) is 0. The van der Waals surface area contributed by atoms with Crippen LogP contribution in [-0.2, 0) is 0 Å². The van der Waals surface area contributed by atoms with Crippen molar-refractivity contribution in [1.82, 2.24) is 4.90 Å². The van der Waals surface area contributed by atoms with Crippen LogP contribution in [0.5, 0.6) is 0 Å². The van der Waals surface area contributed by atoms with E-state index in [2.05, 4.69) is 4.90 Å². The molecule has 2 rings (SSSR count). The van der Waals surface area contributed by atoms with Gasteiger partial charge in [-0.15, -0.1) is 11.6 Å². The van der Waals surface area contributed by atoms with Crippen molar-refractivity contribution in [3.05, 3.63) is 0 Å². The molecule has 3 atom stereocenters. The van der Waals surface area contributed by atoms with Crippen LogP contribution in [0.15, 0.2) is 0 Å². The molecule has 2 aliphatic heterocycles. The van der Waals surface area contributed by atoms with Crippen molar-refractivity contribution in [3.8, 4) is 0 Å². The first-order chi connectivity index (χ1) is 2.88. The van der Waals surface area contributed by atoms with Crippen molar-refractivity contribution >= 4 is 11.6 Å². The minimum absolute atomic E-state index is 0.505. The monoisotopic (exact) mass is 103 g/mol. The van der Waals surface area contributed by atoms with Gasteiger partial charge in [-0.1, -0.05) is 0 Å². The summed E-state index contributed by atoms with van der Waals surface area (Å²) < 4.78 is 0. The van der Waals surface area contributed by atoms with Crippen LogP contribution in [-0.4, -0.2) is 29.4 Å². The summed E-state index contributed by atoms with van der Waals surface area (Å²) in [5, 5.41) is 0.505. The summed E-state index contributed by atoms with van der Waals surface area (Å²) in [5.74, 6) is 0. The molecule has 2 aliphatic rings. The summed E-state index contributed by atoms with van der Waals surface area (Å²) >= 11 is 5.70. The molecule has 0 saturated carbocycles. The molecule has 0 spiro atoms. The molecular formula is C4H6ClN. The van der Waals surface area contributed by atoms with E-state index in [1.807, 2.05) is 0 Å². The normalized spacial score (nSPS) is 62.5. The van der Waals surface area contributed by atoms with Crippen LogP contribution in [0.2, 0.25) is 0 Å². The third-order valence-electron chi connectivity index (χ3n) is 1.58. The van der Waals surface area contributed by atoms with Gasteiger partial charge in [0.1, 0.15) is 0 Å². The quantitative estimate of drug-likeness (QED) is 0.315. The fourth-order valence-electron chi connectivity index (χ4n) is 0.954. The van der Waals surface area contributed by atoms with E-state index in [-0.39, 0.29) is 0 Å². The molecule has 1 nitrogen and oxygen atoms in total. The van der Waals surface area contributed by atoms with Gasteiger partial charge in [0.05, 0.1) is 5.38 Å². The summed E-state index contributed by atoms with van der Waals surface area (Å²) in [5.41, 5.74) is 0. The Morgan fingerprint density at radius 1 is 1.50 bits per heavy atom. The van der Waals surface area contributed by atoms with Crippen LogP contribution in [0.3, 0.4) is 0 Å². The fraction of sp³-hybridized carbons (Fsp3) is 1.00. The third-order valence-corrected chi connectivity index (χ3v) is 2.01. The molecule has 0 N–H and O–H groups in total. The Morgan fingerprint density at radius 2 is 2.33 bits per heavy atom. The van der Waals surface area contributed by atoms with Crippen molar-refractivity contribution < 1.29 is 0 Å². The average molecular weight is 104 g/mol. The molecule has 6 heavy (non-hydrogen) atoms. The van der Waals surface area contributed by atoms with Crippen LogP contribution in [0.4, 0.5) is 0 Å². The molecule has 3 unspecified atom stereocenters. The Hall–Kier alpha value is 0.250. The predicted octanol–water partition coefficient (Wildman–Crippen LogP) is 0.292. The largest absolute Gasteiger partial charge is 0.294 e. The Morgan fingerprint density at radius 3 is 2.33 bits per heavy atom. The van der Waals surface area contributed by atoms with Gasteiger partial charge in [0.25, 0.3) is 0 Å². The van der Waals surface area contributed by atoms with Gasteiger partial charge in [-0.25, -0.2) is 0 Å². The van der Waals surface area contributed by atoms with Gasteiger partial charge in [-0.05, 0) is 0 Å². The molecule has 0 aromatic rings. The number of halogens is 1. The van der Waals surface area contributed by atoms with Gasteiger partial charge < -0.3 is 0 Å². The highest BCUT2D eigenvalue weighted by Gasteiger charge is 2.50. The highest BCUT2D eigenvalue weighted by atomic mass is 35.5. The molecule has 2 heteroatoms. The van der Waals surface area contributed by atoms with E-state index in [0.29, 0.717) is 5.38 Å². The van der Waals surface area contributed by atoms with Crippen LogP contribution >= 0.6 is 11.6 Å². The van der Waals surface area contributed by atoms with E-state index in [1.54, 1.807) is 0 Å². The Bertz CT molecular complexity index is 83.6. The number of alkyl halides is 1. The minimum atomic E-state index is 0.505. The van der Waals surface area contributed by atoms with Crippen LogP contribution in [0, 0.1) is 0 Å². The second-order valence-corrected chi connectivity index (χ2v) is 2.60. The standard InChI is InChI=1S/C4H6ClN/c5-3-1-6-2-4(3)6/h3-4H,1-2H2. The van der Waals surface area contributed by atoms with Crippen molar-refractivity contribution in [2.45, 2.75) is 11.4 Å². The van der Waals surface area contributed by atoms with E-state index < -0.39 is 0 Å². The van der Waals surface area contributed by atoms with Gasteiger partial charge in [0.15, 0.2) is 0 Å². The molecule has 0 amide bonds. The van der Waals surface area contributed by atoms with Crippen molar-refractivity contribution in [1.29, 1.82) is 0 Å². The molecular weight excluding hydrogens is 97.5 g/mol. The first-order valence-corrected chi connectivity index (χ1v) is 2.70. The van der Waals surface area contributed by atoms with Crippen LogP contribution < -0.4 is 0 Å². The smallest absolute Gasteiger partial charge is 0.0630 e. The highest BCUT2D eigenvalue weighted by Crippen LogP contribution is 2.35. The first-order valence-electron chi connectivity index (χ1n) is 2.26. The van der Waals surface area contributed by atoms with E-state index in [1.165, 1.54) is 6.54 Å². The van der Waals surface area contributed by atoms with Gasteiger partial charge in [0.2, 0.25) is 0 Å². The number of fused-ring (bicyclic) bond motifs is 1. The summed E-state index contributed by atoms with van der Waals surface area (Å²) in [6.07, 6.45) is 0. The minimum Gasteiger partial charge on any atom is -0.294 e.